The molecule has 0 bridgehead atoms. The van der Waals surface area contributed by atoms with E-state index in [1.165, 1.54) is 20.2 Å². The maximum atomic E-state index is 14.8. The van der Waals surface area contributed by atoms with Gasteiger partial charge in [0.1, 0.15) is 5.82 Å². The van der Waals surface area contributed by atoms with Crippen molar-refractivity contribution in [3.63, 3.8) is 0 Å². The summed E-state index contributed by atoms with van der Waals surface area (Å²) in [6, 6.07) is 2.25. The van der Waals surface area contributed by atoms with Crippen LogP contribution in [0.15, 0.2) is 26.9 Å². The van der Waals surface area contributed by atoms with Crippen molar-refractivity contribution in [1.29, 1.82) is 0 Å². The number of halogens is 2. The van der Waals surface area contributed by atoms with Crippen LogP contribution < -0.4 is 11.4 Å². The van der Waals surface area contributed by atoms with Gasteiger partial charge in [0, 0.05) is 26.1 Å². The van der Waals surface area contributed by atoms with Gasteiger partial charge in [-0.05, 0) is 44.1 Å². The zero-order chi connectivity index (χ0) is 24.5. The maximum absolute atomic E-state index is 14.8. The largest absolute Gasteiger partial charge is 0.463 e. The molecule has 0 aliphatic carbocycles. The Kier molecular flexibility index (Phi) is 7.23. The molecule has 0 radical (unpaired) electrons. The molecule has 0 saturated carbocycles. The third-order valence-electron chi connectivity index (χ3n) is 5.48. The highest BCUT2D eigenvalue weighted by Gasteiger charge is 2.41. The van der Waals surface area contributed by atoms with E-state index in [4.69, 9.17) is 33.4 Å². The van der Waals surface area contributed by atoms with Crippen molar-refractivity contribution < 1.29 is 18.8 Å². The summed E-state index contributed by atoms with van der Waals surface area (Å²) < 4.78 is 22.8. The molecule has 12 heteroatoms. The van der Waals surface area contributed by atoms with Crippen LogP contribution in [0.2, 0.25) is 5.02 Å². The molecule has 1 aromatic carbocycles. The number of hydrogen-bond acceptors (Lipinski definition) is 7. The number of rotatable bonds is 6. The van der Waals surface area contributed by atoms with E-state index >= 15 is 0 Å². The third kappa shape index (κ3) is 4.65. The van der Waals surface area contributed by atoms with Crippen LogP contribution in [-0.4, -0.2) is 37.6 Å². The van der Waals surface area contributed by atoms with Gasteiger partial charge in [-0.25, -0.2) is 23.3 Å². The number of benzene rings is 1. The lowest BCUT2D eigenvalue weighted by molar-refractivity contribution is -0.172. The second kappa shape index (κ2) is 9.60. The third-order valence-corrected chi connectivity index (χ3v) is 6.34. The van der Waals surface area contributed by atoms with Crippen LogP contribution in [0, 0.1) is 10.6 Å². The van der Waals surface area contributed by atoms with Gasteiger partial charge in [0.05, 0.1) is 23.0 Å². The van der Waals surface area contributed by atoms with Gasteiger partial charge in [0.2, 0.25) is 5.60 Å². The van der Waals surface area contributed by atoms with Crippen molar-refractivity contribution in [2.24, 2.45) is 19.3 Å². The minimum atomic E-state index is -1.26. The smallest absolute Gasteiger partial charge is 0.353 e. The average molecular weight is 499 g/mol. The summed E-state index contributed by atoms with van der Waals surface area (Å²) in [5.74, 6) is -1.39. The summed E-state index contributed by atoms with van der Waals surface area (Å²) in [7, 11) is 2.77. The first kappa shape index (κ1) is 24.8. The summed E-state index contributed by atoms with van der Waals surface area (Å²) in [6.07, 6.45) is 2.16. The van der Waals surface area contributed by atoms with Crippen molar-refractivity contribution in [3.05, 3.63) is 54.3 Å². The SMILES string of the molecule is CCCCOC(=O)C1(C)CCC(c2cc(-n3c(=O)n(C)c(=S)n(C)c3=O)c(F)cc2Cl)=NO1. The van der Waals surface area contributed by atoms with Gasteiger partial charge in [0.25, 0.3) is 0 Å². The quantitative estimate of drug-likeness (QED) is 0.345. The number of carbonyl (C=O) groups excluding carboxylic acids is 1. The molecule has 1 aliphatic heterocycles. The van der Waals surface area contributed by atoms with Crippen LogP contribution in [0.3, 0.4) is 0 Å². The van der Waals surface area contributed by atoms with Crippen molar-refractivity contribution in [1.82, 2.24) is 13.7 Å². The number of unbranched alkanes of at least 4 members (excludes halogenated alkanes) is 1. The van der Waals surface area contributed by atoms with Crippen LogP contribution in [-0.2, 0) is 28.5 Å². The Labute approximate surface area is 199 Å². The fourth-order valence-electron chi connectivity index (χ4n) is 3.30. The van der Waals surface area contributed by atoms with Crippen molar-refractivity contribution >= 4 is 35.5 Å². The first-order chi connectivity index (χ1) is 15.5. The summed E-state index contributed by atoms with van der Waals surface area (Å²) in [5.41, 5.74) is -2.56. The van der Waals surface area contributed by atoms with E-state index in [0.717, 1.165) is 28.0 Å². The standard InChI is InChI=1S/C21H24ClFN4O5S/c1-5-6-9-31-17(28)21(2)8-7-15(24-32-21)12-10-16(14(23)11-13(12)22)27-18(29)25(3)20(33)26(4)19(27)30/h10-11H,5-9H2,1-4H3. The molecule has 0 N–H and O–H groups in total. The second-order valence-corrected chi connectivity index (χ2v) is 8.71. The lowest BCUT2D eigenvalue weighted by atomic mass is 9.94. The van der Waals surface area contributed by atoms with Crippen LogP contribution in [0.1, 0.15) is 45.1 Å². The zero-order valence-corrected chi connectivity index (χ0v) is 20.3. The number of esters is 1. The topological polar surface area (TPSA) is 96.8 Å². The zero-order valence-electron chi connectivity index (χ0n) is 18.7. The minimum Gasteiger partial charge on any atom is -0.463 e. The van der Waals surface area contributed by atoms with E-state index in [1.54, 1.807) is 6.92 Å². The highest BCUT2D eigenvalue weighted by atomic mass is 35.5. The van der Waals surface area contributed by atoms with E-state index in [2.05, 4.69) is 5.16 Å². The number of nitrogens with zero attached hydrogens (tertiary/aromatic N) is 4. The van der Waals surface area contributed by atoms with E-state index in [9.17, 15) is 18.8 Å². The summed E-state index contributed by atoms with van der Waals surface area (Å²) in [5, 5.41) is 4.05. The molecule has 2 aromatic rings. The average Bonchev–Trinajstić information content (AvgIpc) is 2.78. The highest BCUT2D eigenvalue weighted by molar-refractivity contribution is 7.71. The van der Waals surface area contributed by atoms with E-state index in [1.807, 2.05) is 6.92 Å². The van der Waals surface area contributed by atoms with Gasteiger partial charge in [-0.2, -0.15) is 0 Å². The Balaban J connectivity index is 2.02. The molecule has 1 aromatic heterocycles. The molecular formula is C21H24ClFN4O5S. The molecule has 1 aliphatic rings. The molecule has 9 nitrogen and oxygen atoms in total. The molecule has 3 rings (SSSR count). The number of carbonyl (C=O) groups is 1. The van der Waals surface area contributed by atoms with Gasteiger partial charge >= 0.3 is 17.3 Å². The molecule has 33 heavy (non-hydrogen) atoms. The Morgan fingerprint density at radius 2 is 1.94 bits per heavy atom. The number of ether oxygens (including phenoxy) is 1. The van der Waals surface area contributed by atoms with Gasteiger partial charge in [0.15, 0.2) is 4.77 Å². The fraction of sp³-hybridized carbons (Fsp3) is 0.476. The van der Waals surface area contributed by atoms with Gasteiger partial charge < -0.3 is 9.57 Å². The molecule has 0 saturated heterocycles. The van der Waals surface area contributed by atoms with Crippen LogP contribution in [0.25, 0.3) is 5.69 Å². The molecule has 0 spiro atoms. The van der Waals surface area contributed by atoms with Gasteiger partial charge in [-0.1, -0.05) is 30.1 Å². The van der Waals surface area contributed by atoms with E-state index in [-0.39, 0.29) is 33.9 Å². The van der Waals surface area contributed by atoms with E-state index < -0.39 is 28.8 Å². The first-order valence-corrected chi connectivity index (χ1v) is 11.1. The molecule has 0 fully saturated rings. The number of hydrogen-bond donors (Lipinski definition) is 0. The molecular weight excluding hydrogens is 475 g/mol. The minimum absolute atomic E-state index is 0.00832. The first-order valence-electron chi connectivity index (χ1n) is 10.3. The van der Waals surface area contributed by atoms with Crippen molar-refractivity contribution in [2.45, 2.75) is 45.1 Å². The van der Waals surface area contributed by atoms with Crippen LogP contribution in [0.4, 0.5) is 4.39 Å². The Morgan fingerprint density at radius 3 is 2.48 bits per heavy atom. The van der Waals surface area contributed by atoms with Crippen LogP contribution >= 0.6 is 23.8 Å². The summed E-state index contributed by atoms with van der Waals surface area (Å²) in [4.78, 5) is 43.2. The maximum Gasteiger partial charge on any atom is 0.353 e. The Bertz CT molecular complexity index is 1280. The van der Waals surface area contributed by atoms with Gasteiger partial charge in [-0.3, -0.25) is 9.13 Å². The monoisotopic (exact) mass is 498 g/mol. The summed E-state index contributed by atoms with van der Waals surface area (Å²) in [6.45, 7) is 3.86. The Hall–Kier alpha value is -2.79. The number of aromatic nitrogens is 3. The molecule has 2 heterocycles. The molecule has 1 unspecified atom stereocenters. The predicted octanol–water partition coefficient (Wildman–Crippen LogP) is 3.01. The van der Waals surface area contributed by atoms with Gasteiger partial charge in [-0.15, -0.1) is 0 Å². The Morgan fingerprint density at radius 1 is 1.30 bits per heavy atom. The normalized spacial score (nSPS) is 17.9. The molecule has 1 atom stereocenters. The second-order valence-electron chi connectivity index (χ2n) is 7.93. The van der Waals surface area contributed by atoms with Crippen molar-refractivity contribution in [2.75, 3.05) is 6.61 Å². The van der Waals surface area contributed by atoms with E-state index in [0.29, 0.717) is 16.9 Å². The lowest BCUT2D eigenvalue weighted by Crippen LogP contribution is -2.44. The van der Waals surface area contributed by atoms with Crippen LogP contribution in [0.5, 0.6) is 0 Å². The lowest BCUT2D eigenvalue weighted by Gasteiger charge is -2.29. The fourth-order valence-corrected chi connectivity index (χ4v) is 3.71. The molecule has 178 valence electrons. The molecule has 0 amide bonds. The predicted molar refractivity (Wildman–Crippen MR) is 123 cm³/mol. The number of oxime groups is 1. The van der Waals surface area contributed by atoms with Crippen molar-refractivity contribution in [3.8, 4) is 5.69 Å². The summed E-state index contributed by atoms with van der Waals surface area (Å²) >= 11 is 11.3. The highest BCUT2D eigenvalue weighted by Crippen LogP contribution is 2.31.